The molecule has 0 aliphatic carbocycles. The van der Waals surface area contributed by atoms with Crippen LogP contribution in [0.5, 0.6) is 11.5 Å². The second kappa shape index (κ2) is 6.64. The molecular weight excluding hydrogens is 350 g/mol. The highest BCUT2D eigenvalue weighted by Crippen LogP contribution is 2.47. The number of phenolic OH excluding ortho intramolecular Hbond substituents is 1. The monoisotopic (exact) mass is 377 g/mol. The van der Waals surface area contributed by atoms with E-state index in [2.05, 4.69) is 0 Å². The van der Waals surface area contributed by atoms with E-state index in [0.29, 0.717) is 18.8 Å². The molecule has 0 aromatic heterocycles. The highest BCUT2D eigenvalue weighted by molar-refractivity contribution is 5.92. The van der Waals surface area contributed by atoms with Crippen LogP contribution in [-0.2, 0) is 14.3 Å². The Labute approximate surface area is 159 Å². The predicted molar refractivity (Wildman–Crippen MR) is 98.1 cm³/mol. The van der Waals surface area contributed by atoms with Crippen molar-refractivity contribution in [2.24, 2.45) is 5.41 Å². The molecule has 2 aliphatic rings. The molecule has 2 heterocycles. The molecule has 0 spiro atoms. The number of hydrogen-bond donors (Lipinski definition) is 2. The van der Waals surface area contributed by atoms with E-state index in [-0.39, 0.29) is 23.3 Å². The minimum Gasteiger partial charge on any atom is -0.504 e. The van der Waals surface area contributed by atoms with Crippen LogP contribution >= 0.6 is 0 Å². The third-order valence-electron chi connectivity index (χ3n) is 5.59. The molecule has 3 atom stereocenters. The minimum atomic E-state index is -0.862. The maximum absolute atomic E-state index is 12.9. The number of likely N-dealkylation sites (tertiary alicyclic amines) is 1. The van der Waals surface area contributed by atoms with E-state index < -0.39 is 17.3 Å². The molecule has 2 N–H and O–H groups in total. The number of aromatic hydroxyl groups is 1. The molecule has 0 bridgehead atoms. The van der Waals surface area contributed by atoms with Gasteiger partial charge in [-0.3, -0.25) is 4.79 Å². The number of phenols is 1. The number of aliphatic hydroxyl groups excluding tert-OH is 1. The molecule has 7 heteroatoms. The zero-order chi connectivity index (χ0) is 20.0. The summed E-state index contributed by atoms with van der Waals surface area (Å²) in [7, 11) is 1.49. The Kier molecular flexibility index (Phi) is 4.76. The smallest absolute Gasteiger partial charge is 0.292 e. The van der Waals surface area contributed by atoms with Crippen LogP contribution in [0.4, 0.5) is 0 Å². The molecule has 0 radical (unpaired) electrons. The molecule has 1 saturated heterocycles. The highest BCUT2D eigenvalue weighted by atomic mass is 16.7. The summed E-state index contributed by atoms with van der Waals surface area (Å²) >= 11 is 0. The quantitative estimate of drug-likeness (QED) is 0.837. The lowest BCUT2D eigenvalue weighted by Gasteiger charge is -2.33. The number of carbonyl (C=O) groups is 1. The average Bonchev–Trinajstić information content (AvgIpc) is 3.15. The normalized spacial score (nSPS) is 27.6. The zero-order valence-corrected chi connectivity index (χ0v) is 16.4. The van der Waals surface area contributed by atoms with Crippen LogP contribution in [0, 0.1) is 5.41 Å². The Hall–Kier alpha value is -2.41. The lowest BCUT2D eigenvalue weighted by atomic mass is 9.72. The van der Waals surface area contributed by atoms with E-state index in [1.165, 1.54) is 13.4 Å². The van der Waals surface area contributed by atoms with Crippen molar-refractivity contribution in [3.8, 4) is 11.5 Å². The molecule has 27 heavy (non-hydrogen) atoms. The number of hydrogen-bond acceptors (Lipinski definition) is 6. The van der Waals surface area contributed by atoms with Gasteiger partial charge < -0.3 is 29.3 Å². The molecule has 1 fully saturated rings. The fourth-order valence-corrected chi connectivity index (χ4v) is 3.76. The fraction of sp³-hybridized carbons (Fsp3) is 0.550. The van der Waals surface area contributed by atoms with Gasteiger partial charge in [-0.25, -0.2) is 0 Å². The fourth-order valence-electron chi connectivity index (χ4n) is 3.76. The molecule has 3 rings (SSSR count). The van der Waals surface area contributed by atoms with Crippen molar-refractivity contribution in [2.45, 2.75) is 45.5 Å². The molecule has 1 aromatic carbocycles. The van der Waals surface area contributed by atoms with Gasteiger partial charge in [0.25, 0.3) is 5.91 Å². The van der Waals surface area contributed by atoms with Gasteiger partial charge in [0, 0.05) is 38.3 Å². The van der Waals surface area contributed by atoms with Gasteiger partial charge in [-0.15, -0.1) is 0 Å². The summed E-state index contributed by atoms with van der Waals surface area (Å²) in [5.41, 5.74) is 0.261. The number of nitrogens with zero attached hydrogens (tertiary/aromatic N) is 1. The van der Waals surface area contributed by atoms with E-state index in [1.807, 2.05) is 13.0 Å². The number of ether oxygens (including phenoxy) is 3. The van der Waals surface area contributed by atoms with Crippen molar-refractivity contribution >= 4 is 5.91 Å². The highest BCUT2D eigenvalue weighted by Gasteiger charge is 2.49. The lowest BCUT2D eigenvalue weighted by molar-refractivity contribution is -0.143. The van der Waals surface area contributed by atoms with E-state index >= 15 is 0 Å². The maximum Gasteiger partial charge on any atom is 0.292 e. The molecule has 1 amide bonds. The van der Waals surface area contributed by atoms with Gasteiger partial charge in [0.1, 0.15) is 6.26 Å². The number of methoxy groups -OCH3 is 1. The Morgan fingerprint density at radius 2 is 2.07 bits per heavy atom. The van der Waals surface area contributed by atoms with Gasteiger partial charge in [0.15, 0.2) is 11.5 Å². The Morgan fingerprint density at radius 1 is 1.37 bits per heavy atom. The summed E-state index contributed by atoms with van der Waals surface area (Å²) in [4.78, 5) is 14.6. The van der Waals surface area contributed by atoms with Crippen molar-refractivity contribution in [1.82, 2.24) is 4.90 Å². The first kappa shape index (κ1) is 19.4. The summed E-state index contributed by atoms with van der Waals surface area (Å²) in [6.45, 7) is 7.89. The summed E-state index contributed by atoms with van der Waals surface area (Å²) < 4.78 is 16.0. The SMILES string of the molecule is COc1ccc([C@@H]2CN(C(=O)C3=COC(C)(C)O3)C[C@@]2(C)[C@@H](C)O)cc1O. The Bertz CT molecular complexity index is 772. The number of rotatable bonds is 4. The zero-order valence-electron chi connectivity index (χ0n) is 16.4. The van der Waals surface area contributed by atoms with Gasteiger partial charge in [-0.2, -0.15) is 0 Å². The van der Waals surface area contributed by atoms with Crippen LogP contribution in [0.2, 0.25) is 0 Å². The van der Waals surface area contributed by atoms with Gasteiger partial charge in [-0.1, -0.05) is 13.0 Å². The largest absolute Gasteiger partial charge is 0.504 e. The first-order chi connectivity index (χ1) is 12.6. The van der Waals surface area contributed by atoms with Crippen LogP contribution in [0.15, 0.2) is 30.2 Å². The molecule has 2 aliphatic heterocycles. The summed E-state index contributed by atoms with van der Waals surface area (Å²) in [5.74, 6) is -0.718. The van der Waals surface area contributed by atoms with E-state index in [0.717, 1.165) is 5.56 Å². The van der Waals surface area contributed by atoms with Gasteiger partial charge >= 0.3 is 0 Å². The third kappa shape index (κ3) is 3.43. The topological polar surface area (TPSA) is 88.5 Å². The molecule has 148 valence electrons. The number of aliphatic hydroxyl groups is 1. The molecule has 1 aromatic rings. The van der Waals surface area contributed by atoms with E-state index in [4.69, 9.17) is 14.2 Å². The van der Waals surface area contributed by atoms with E-state index in [1.54, 1.807) is 37.8 Å². The first-order valence-electron chi connectivity index (χ1n) is 8.98. The van der Waals surface area contributed by atoms with Crippen molar-refractivity contribution in [2.75, 3.05) is 20.2 Å². The van der Waals surface area contributed by atoms with Crippen molar-refractivity contribution in [3.63, 3.8) is 0 Å². The van der Waals surface area contributed by atoms with Gasteiger partial charge in [0.2, 0.25) is 11.5 Å². The standard InChI is InChI=1S/C20H27NO6/c1-12(22)20(4)11-21(18(24)17-10-26-19(2,3)27-17)9-14(20)13-6-7-16(25-5)15(23)8-13/h6-8,10,12,14,22-23H,9,11H2,1-5H3/t12-,14+,20+/m1/s1. The van der Waals surface area contributed by atoms with Crippen molar-refractivity contribution < 1.29 is 29.2 Å². The maximum atomic E-state index is 12.9. The predicted octanol–water partition coefficient (Wildman–Crippen LogP) is 2.34. The third-order valence-corrected chi connectivity index (χ3v) is 5.59. The second-order valence-corrected chi connectivity index (χ2v) is 7.95. The minimum absolute atomic E-state index is 0.0321. The van der Waals surface area contributed by atoms with Crippen molar-refractivity contribution in [1.29, 1.82) is 0 Å². The molecular formula is C20H27NO6. The van der Waals surface area contributed by atoms with Crippen molar-refractivity contribution in [3.05, 3.63) is 35.8 Å². The number of benzene rings is 1. The van der Waals surface area contributed by atoms with Gasteiger partial charge in [0.05, 0.1) is 13.2 Å². The van der Waals surface area contributed by atoms with Crippen LogP contribution in [0.1, 0.15) is 39.2 Å². The number of carbonyl (C=O) groups excluding carboxylic acids is 1. The van der Waals surface area contributed by atoms with Crippen LogP contribution in [0.3, 0.4) is 0 Å². The molecule has 7 nitrogen and oxygen atoms in total. The second-order valence-electron chi connectivity index (χ2n) is 7.95. The first-order valence-corrected chi connectivity index (χ1v) is 8.98. The lowest BCUT2D eigenvalue weighted by Crippen LogP contribution is -2.38. The average molecular weight is 377 g/mol. The molecule has 0 saturated carbocycles. The summed E-state index contributed by atoms with van der Waals surface area (Å²) in [6, 6.07) is 5.18. The van der Waals surface area contributed by atoms with Gasteiger partial charge in [-0.05, 0) is 24.6 Å². The number of amides is 1. The molecule has 0 unspecified atom stereocenters. The van der Waals surface area contributed by atoms with E-state index in [9.17, 15) is 15.0 Å². The van der Waals surface area contributed by atoms with Crippen LogP contribution in [-0.4, -0.2) is 53.1 Å². The van der Waals surface area contributed by atoms with Crippen LogP contribution in [0.25, 0.3) is 0 Å². The van der Waals surface area contributed by atoms with Crippen LogP contribution < -0.4 is 4.74 Å². The Balaban J connectivity index is 1.88. The summed E-state index contributed by atoms with van der Waals surface area (Å²) in [6.07, 6.45) is 0.685. The summed E-state index contributed by atoms with van der Waals surface area (Å²) in [5, 5.41) is 20.6. The Morgan fingerprint density at radius 3 is 2.59 bits per heavy atom.